The molecule has 1 saturated heterocycles. The number of hydrogen-bond donors (Lipinski definition) is 5. The molecule has 3 atom stereocenters. The van der Waals surface area contributed by atoms with Gasteiger partial charge >= 0.3 is 17.9 Å². The molecule has 1 aromatic rings. The number of carboxylic acids is 2. The van der Waals surface area contributed by atoms with Crippen LogP contribution in [0.1, 0.15) is 24.8 Å². The molecule has 0 amide bonds. The number of cyclic esters (lactones) is 1. The van der Waals surface area contributed by atoms with Crippen LogP contribution in [0.5, 0.6) is 5.75 Å². The number of phenolic OH excluding ortho intramolecular Hbond substituents is 1. The van der Waals surface area contributed by atoms with E-state index in [9.17, 15) is 24.3 Å². The normalized spacial score (nSPS) is 19.5. The fourth-order valence-corrected chi connectivity index (χ4v) is 3.02. The first-order valence-corrected chi connectivity index (χ1v) is 10.1. The van der Waals surface area contributed by atoms with Crippen LogP contribution in [0.3, 0.4) is 0 Å². The summed E-state index contributed by atoms with van der Waals surface area (Å²) in [4.78, 5) is 46.4. The second kappa shape index (κ2) is 12.7. The number of benzene rings is 1. The lowest BCUT2D eigenvalue weighted by Gasteiger charge is -2.22. The van der Waals surface area contributed by atoms with Crippen LogP contribution in [0, 0.1) is 5.41 Å². The van der Waals surface area contributed by atoms with Crippen LogP contribution in [0.25, 0.3) is 6.08 Å². The number of ketones is 1. The molecule has 0 aliphatic carbocycles. The van der Waals surface area contributed by atoms with Crippen LogP contribution in [0.2, 0.25) is 0 Å². The molecule has 182 valence electrons. The summed E-state index contributed by atoms with van der Waals surface area (Å²) in [7, 11) is 3.93. The lowest BCUT2D eigenvalue weighted by molar-refractivity contribution is -0.165. The van der Waals surface area contributed by atoms with Gasteiger partial charge in [0.15, 0.2) is 18.0 Å². The molecule has 33 heavy (non-hydrogen) atoms. The van der Waals surface area contributed by atoms with E-state index in [-0.39, 0.29) is 11.5 Å². The summed E-state index contributed by atoms with van der Waals surface area (Å²) < 4.78 is 5.07. The summed E-state index contributed by atoms with van der Waals surface area (Å²) in [5, 5.41) is 41.8. The summed E-state index contributed by atoms with van der Waals surface area (Å²) in [6, 6.07) is 6.54. The zero-order valence-corrected chi connectivity index (χ0v) is 18.4. The molecule has 0 radical (unpaired) electrons. The zero-order chi connectivity index (χ0) is 25.2. The van der Waals surface area contributed by atoms with Crippen molar-refractivity contribution >= 4 is 29.8 Å². The average Bonchev–Trinajstić information content (AvgIpc) is 3.13. The maximum Gasteiger partial charge on any atom is 0.335 e. The maximum atomic E-state index is 12.6. The predicted octanol–water partition coefficient (Wildman–Crippen LogP) is 0.127. The Kier molecular flexibility index (Phi) is 10.7. The van der Waals surface area contributed by atoms with Crippen molar-refractivity contribution < 1.29 is 49.4 Å². The highest BCUT2D eigenvalue weighted by atomic mass is 16.5. The van der Waals surface area contributed by atoms with Crippen LogP contribution in [-0.4, -0.2) is 93.6 Å². The van der Waals surface area contributed by atoms with Crippen molar-refractivity contribution in [3.8, 4) is 5.75 Å². The van der Waals surface area contributed by atoms with Crippen molar-refractivity contribution in [2.24, 2.45) is 5.41 Å². The first-order valence-electron chi connectivity index (χ1n) is 10.1. The number of aromatic hydroxyl groups is 1. The Morgan fingerprint density at radius 2 is 1.64 bits per heavy atom. The highest BCUT2D eigenvalue weighted by Crippen LogP contribution is 2.36. The van der Waals surface area contributed by atoms with Crippen LogP contribution >= 0.6 is 0 Å². The van der Waals surface area contributed by atoms with Crippen molar-refractivity contribution in [1.82, 2.24) is 4.90 Å². The van der Waals surface area contributed by atoms with Crippen molar-refractivity contribution in [1.29, 1.82) is 0 Å². The molecule has 2 rings (SSSR count). The predicted molar refractivity (Wildman–Crippen MR) is 115 cm³/mol. The lowest BCUT2D eigenvalue weighted by Crippen LogP contribution is -2.39. The van der Waals surface area contributed by atoms with E-state index in [1.165, 1.54) is 6.08 Å². The van der Waals surface area contributed by atoms with E-state index in [0.717, 1.165) is 18.5 Å². The largest absolute Gasteiger partial charge is 0.508 e. The molecular formula is C22H29NO10. The summed E-state index contributed by atoms with van der Waals surface area (Å²) in [5.41, 5.74) is -0.241. The smallest absolute Gasteiger partial charge is 0.335 e. The molecule has 0 bridgehead atoms. The number of aliphatic hydroxyl groups is 2. The number of rotatable bonds is 10. The first kappa shape index (κ1) is 27.8. The zero-order valence-electron chi connectivity index (χ0n) is 18.4. The van der Waals surface area contributed by atoms with Crippen molar-refractivity contribution in [3.05, 3.63) is 35.9 Å². The topological polar surface area (TPSA) is 182 Å². The molecule has 0 aromatic heterocycles. The Balaban J connectivity index is 0.000000461. The van der Waals surface area contributed by atoms with E-state index >= 15 is 0 Å². The van der Waals surface area contributed by atoms with Crippen molar-refractivity contribution in [2.45, 2.75) is 31.5 Å². The van der Waals surface area contributed by atoms with Gasteiger partial charge in [-0.05, 0) is 57.3 Å². The molecule has 1 aliphatic rings. The Bertz CT molecular complexity index is 846. The number of allylic oxidation sites excluding steroid dienone is 1. The van der Waals surface area contributed by atoms with Gasteiger partial charge in [0.2, 0.25) is 0 Å². The number of phenols is 1. The average molecular weight is 467 g/mol. The standard InChI is InChI=1S/C18H23NO4.C4H6O6/c1-19(2)12-3-10-18(11-13-23-17(18)22)16(21)9-6-14-4-7-15(20)8-5-14;5-1(3(7)8)2(6)4(9)10/h4-9,20H,3,10-13H2,1-2H3;1-2,5-6H,(H,7,8)(H,9,10)/b9-6+;. The molecule has 5 N–H and O–H groups in total. The van der Waals surface area contributed by atoms with E-state index < -0.39 is 35.5 Å². The Hall–Kier alpha value is -3.28. The minimum absolute atomic E-state index is 0.174. The van der Waals surface area contributed by atoms with Crippen LogP contribution in [-0.2, 0) is 23.9 Å². The summed E-state index contributed by atoms with van der Waals surface area (Å²) in [6.07, 6.45) is 0.298. The molecule has 0 saturated carbocycles. The number of carboxylic acid groups (broad SMARTS) is 2. The quantitative estimate of drug-likeness (QED) is 0.179. The Labute approximate surface area is 190 Å². The van der Waals surface area contributed by atoms with Gasteiger partial charge in [-0.15, -0.1) is 0 Å². The van der Waals surface area contributed by atoms with E-state index in [1.807, 2.05) is 19.0 Å². The third kappa shape index (κ3) is 8.29. The third-order valence-corrected chi connectivity index (χ3v) is 4.96. The Morgan fingerprint density at radius 1 is 1.09 bits per heavy atom. The van der Waals surface area contributed by atoms with Gasteiger partial charge in [0.25, 0.3) is 0 Å². The highest BCUT2D eigenvalue weighted by molar-refractivity contribution is 6.11. The minimum atomic E-state index is -2.27. The second-order valence-corrected chi connectivity index (χ2v) is 7.73. The van der Waals surface area contributed by atoms with E-state index in [0.29, 0.717) is 19.4 Å². The molecule has 3 unspecified atom stereocenters. The van der Waals surface area contributed by atoms with Gasteiger partial charge in [-0.25, -0.2) is 9.59 Å². The van der Waals surface area contributed by atoms with E-state index in [1.54, 1.807) is 30.3 Å². The van der Waals surface area contributed by atoms with Gasteiger partial charge in [-0.1, -0.05) is 18.2 Å². The molecule has 11 nitrogen and oxygen atoms in total. The van der Waals surface area contributed by atoms with Crippen LogP contribution in [0.15, 0.2) is 30.3 Å². The Morgan fingerprint density at radius 3 is 2.06 bits per heavy atom. The number of ether oxygens (including phenoxy) is 1. The monoisotopic (exact) mass is 467 g/mol. The SMILES string of the molecule is CN(C)CCCC1(C(=O)/C=C/c2ccc(O)cc2)CCOC1=O.O=C(O)C(O)C(O)C(=O)O. The number of hydrogen-bond acceptors (Lipinski definition) is 9. The van der Waals surface area contributed by atoms with Crippen molar-refractivity contribution in [2.75, 3.05) is 27.2 Å². The third-order valence-electron chi connectivity index (χ3n) is 4.96. The van der Waals surface area contributed by atoms with Crippen LogP contribution < -0.4 is 0 Å². The van der Waals surface area contributed by atoms with Gasteiger partial charge in [0.1, 0.15) is 11.2 Å². The van der Waals surface area contributed by atoms with Crippen molar-refractivity contribution in [3.63, 3.8) is 0 Å². The summed E-state index contributed by atoms with van der Waals surface area (Å²) >= 11 is 0. The van der Waals surface area contributed by atoms with Gasteiger partial charge < -0.3 is 35.2 Å². The van der Waals surface area contributed by atoms with Gasteiger partial charge in [-0.3, -0.25) is 9.59 Å². The number of carbonyl (C=O) groups excluding carboxylic acids is 2. The second-order valence-electron chi connectivity index (χ2n) is 7.73. The molecular weight excluding hydrogens is 438 g/mol. The van der Waals surface area contributed by atoms with Gasteiger partial charge in [0.05, 0.1) is 6.61 Å². The number of esters is 1. The van der Waals surface area contributed by atoms with E-state index in [2.05, 4.69) is 0 Å². The molecule has 1 fully saturated rings. The molecule has 1 aliphatic heterocycles. The number of nitrogens with zero attached hydrogens (tertiary/aromatic N) is 1. The molecule has 0 spiro atoms. The first-order chi connectivity index (χ1) is 15.4. The number of aliphatic carboxylic acids is 2. The molecule has 1 heterocycles. The van der Waals surface area contributed by atoms with E-state index in [4.69, 9.17) is 25.2 Å². The van der Waals surface area contributed by atoms with Gasteiger partial charge in [0, 0.05) is 6.42 Å². The summed E-state index contributed by atoms with van der Waals surface area (Å²) in [6.45, 7) is 1.13. The number of aliphatic hydroxyl groups excluding tert-OH is 2. The summed E-state index contributed by atoms with van der Waals surface area (Å²) in [5.74, 6) is -3.97. The van der Waals surface area contributed by atoms with Gasteiger partial charge in [-0.2, -0.15) is 0 Å². The number of carbonyl (C=O) groups is 4. The molecule has 11 heteroatoms. The fourth-order valence-electron chi connectivity index (χ4n) is 3.02. The van der Waals surface area contributed by atoms with Crippen LogP contribution in [0.4, 0.5) is 0 Å². The maximum absolute atomic E-state index is 12.6. The molecule has 1 aromatic carbocycles. The highest BCUT2D eigenvalue weighted by Gasteiger charge is 2.49. The minimum Gasteiger partial charge on any atom is -0.508 e. The fraction of sp³-hybridized carbons (Fsp3) is 0.455. The lowest BCUT2D eigenvalue weighted by atomic mass is 9.77.